The Kier molecular flexibility index (Phi) is 6.97. The number of rotatable bonds is 9. The minimum Gasteiger partial charge on any atom is -0.376 e. The number of ether oxygens (including phenoxy) is 1. The molecular formula is C23H31N5O2S. The maximum Gasteiger partial charge on any atom is 0.233 e. The summed E-state index contributed by atoms with van der Waals surface area (Å²) in [5.74, 6) is 1.41. The molecule has 2 aromatic heterocycles. The van der Waals surface area contributed by atoms with E-state index < -0.39 is 0 Å². The Labute approximate surface area is 187 Å². The summed E-state index contributed by atoms with van der Waals surface area (Å²) in [6.07, 6.45) is 5.21. The number of carbonyl (C=O) groups is 1. The summed E-state index contributed by atoms with van der Waals surface area (Å²) in [6.45, 7) is 8.42. The third-order valence-electron chi connectivity index (χ3n) is 5.63. The second-order valence-corrected chi connectivity index (χ2v) is 9.84. The molecule has 0 aliphatic carbocycles. The van der Waals surface area contributed by atoms with Crippen LogP contribution in [0.2, 0.25) is 0 Å². The molecule has 2 unspecified atom stereocenters. The van der Waals surface area contributed by atoms with Gasteiger partial charge in [-0.2, -0.15) is 0 Å². The standard InChI is InChI=1S/C23H31N5O2S/c1-15(2)10-11-24-22(29)16(3)31-23-27-26-21(28(23)14-17-7-6-12-30-17)19-13-25-20-9-5-4-8-18(19)20/h4-5,8-9,13,15-17,25H,6-7,10-12,14H2,1-3H3,(H,24,29). The van der Waals surface area contributed by atoms with Crippen molar-refractivity contribution in [1.82, 2.24) is 25.1 Å². The molecule has 31 heavy (non-hydrogen) atoms. The van der Waals surface area contributed by atoms with E-state index in [0.29, 0.717) is 19.0 Å². The second kappa shape index (κ2) is 9.87. The molecule has 3 aromatic rings. The zero-order chi connectivity index (χ0) is 21.8. The Balaban J connectivity index is 1.58. The average molecular weight is 442 g/mol. The van der Waals surface area contributed by atoms with Crippen molar-refractivity contribution in [1.29, 1.82) is 0 Å². The van der Waals surface area contributed by atoms with Crippen molar-refractivity contribution in [3.8, 4) is 11.4 Å². The van der Waals surface area contributed by atoms with Crippen LogP contribution >= 0.6 is 11.8 Å². The highest BCUT2D eigenvalue weighted by Gasteiger charge is 2.25. The smallest absolute Gasteiger partial charge is 0.233 e. The number of hydrogen-bond donors (Lipinski definition) is 2. The van der Waals surface area contributed by atoms with Crippen molar-refractivity contribution >= 4 is 28.6 Å². The quantitative estimate of drug-likeness (QED) is 0.485. The molecule has 2 atom stereocenters. The van der Waals surface area contributed by atoms with Crippen LogP contribution in [0, 0.1) is 5.92 Å². The lowest BCUT2D eigenvalue weighted by molar-refractivity contribution is -0.120. The zero-order valence-corrected chi connectivity index (χ0v) is 19.2. The number of para-hydroxylation sites is 1. The van der Waals surface area contributed by atoms with Crippen LogP contribution in [0.4, 0.5) is 0 Å². The highest BCUT2D eigenvalue weighted by molar-refractivity contribution is 8.00. The Morgan fingerprint density at radius 1 is 1.32 bits per heavy atom. The summed E-state index contributed by atoms with van der Waals surface area (Å²) in [5, 5.41) is 13.7. The van der Waals surface area contributed by atoms with E-state index in [1.807, 2.05) is 25.3 Å². The molecule has 1 saturated heterocycles. The fraction of sp³-hybridized carbons (Fsp3) is 0.522. The Bertz CT molecular complexity index is 1020. The molecule has 0 saturated carbocycles. The third-order valence-corrected chi connectivity index (χ3v) is 6.71. The molecule has 3 heterocycles. The van der Waals surface area contributed by atoms with Crippen LogP contribution < -0.4 is 5.32 Å². The normalized spacial score (nSPS) is 17.5. The molecule has 7 nitrogen and oxygen atoms in total. The summed E-state index contributed by atoms with van der Waals surface area (Å²) in [5.41, 5.74) is 2.08. The largest absolute Gasteiger partial charge is 0.376 e. The summed E-state index contributed by atoms with van der Waals surface area (Å²) in [6, 6.07) is 8.18. The fourth-order valence-electron chi connectivity index (χ4n) is 3.83. The maximum absolute atomic E-state index is 12.6. The van der Waals surface area contributed by atoms with E-state index in [0.717, 1.165) is 53.3 Å². The SMILES string of the molecule is CC(C)CCNC(=O)C(C)Sc1nnc(-c2c[nH]c3ccccc23)n1CC1CCCO1. The van der Waals surface area contributed by atoms with Gasteiger partial charge >= 0.3 is 0 Å². The van der Waals surface area contributed by atoms with Crippen LogP contribution in [-0.4, -0.2) is 50.2 Å². The number of nitrogens with one attached hydrogen (secondary N) is 2. The number of thioether (sulfide) groups is 1. The van der Waals surface area contributed by atoms with Crippen molar-refractivity contribution < 1.29 is 9.53 Å². The lowest BCUT2D eigenvalue weighted by atomic mass is 10.1. The van der Waals surface area contributed by atoms with Gasteiger partial charge in [0, 0.05) is 35.8 Å². The molecular weight excluding hydrogens is 410 g/mol. The van der Waals surface area contributed by atoms with Gasteiger partial charge in [0.2, 0.25) is 5.91 Å². The van der Waals surface area contributed by atoms with Crippen molar-refractivity contribution in [3.63, 3.8) is 0 Å². The minimum atomic E-state index is -0.254. The first-order valence-electron chi connectivity index (χ1n) is 11.1. The van der Waals surface area contributed by atoms with Gasteiger partial charge in [-0.25, -0.2) is 0 Å². The number of carbonyl (C=O) groups excluding carboxylic acids is 1. The molecule has 0 bridgehead atoms. The van der Waals surface area contributed by atoms with Gasteiger partial charge in [-0.15, -0.1) is 10.2 Å². The van der Waals surface area contributed by atoms with E-state index in [9.17, 15) is 4.79 Å². The number of fused-ring (bicyclic) bond motifs is 1. The number of nitrogens with zero attached hydrogens (tertiary/aromatic N) is 3. The number of H-pyrrole nitrogens is 1. The van der Waals surface area contributed by atoms with Crippen LogP contribution in [0.15, 0.2) is 35.6 Å². The lowest BCUT2D eigenvalue weighted by Gasteiger charge is -2.16. The Morgan fingerprint density at radius 2 is 2.16 bits per heavy atom. The molecule has 1 aromatic carbocycles. The van der Waals surface area contributed by atoms with Crippen molar-refractivity contribution in [2.24, 2.45) is 5.92 Å². The molecule has 0 radical (unpaired) electrons. The van der Waals surface area contributed by atoms with E-state index >= 15 is 0 Å². The predicted octanol–water partition coefficient (Wildman–Crippen LogP) is 4.25. The first kappa shape index (κ1) is 21.9. The van der Waals surface area contributed by atoms with Crippen molar-refractivity contribution in [3.05, 3.63) is 30.5 Å². The summed E-state index contributed by atoms with van der Waals surface area (Å²) in [4.78, 5) is 15.9. The van der Waals surface area contributed by atoms with Crippen LogP contribution in [0.25, 0.3) is 22.3 Å². The number of benzene rings is 1. The Morgan fingerprint density at radius 3 is 2.94 bits per heavy atom. The predicted molar refractivity (Wildman–Crippen MR) is 124 cm³/mol. The number of hydrogen-bond acceptors (Lipinski definition) is 5. The van der Waals surface area contributed by atoms with Crippen LogP contribution in [-0.2, 0) is 16.1 Å². The van der Waals surface area contributed by atoms with E-state index in [-0.39, 0.29) is 17.3 Å². The second-order valence-electron chi connectivity index (χ2n) is 8.53. The molecule has 166 valence electrons. The molecule has 8 heteroatoms. The van der Waals surface area contributed by atoms with E-state index in [1.54, 1.807) is 0 Å². The van der Waals surface area contributed by atoms with Gasteiger partial charge in [-0.1, -0.05) is 43.8 Å². The van der Waals surface area contributed by atoms with Gasteiger partial charge in [0.25, 0.3) is 0 Å². The number of aromatic amines is 1. The fourth-order valence-corrected chi connectivity index (χ4v) is 4.71. The minimum absolute atomic E-state index is 0.0333. The van der Waals surface area contributed by atoms with Gasteiger partial charge in [0.15, 0.2) is 11.0 Å². The Hall–Kier alpha value is -2.32. The highest BCUT2D eigenvalue weighted by atomic mass is 32.2. The lowest BCUT2D eigenvalue weighted by Crippen LogP contribution is -2.32. The van der Waals surface area contributed by atoms with Gasteiger partial charge in [-0.05, 0) is 38.2 Å². The number of aromatic nitrogens is 4. The van der Waals surface area contributed by atoms with Gasteiger partial charge < -0.3 is 15.0 Å². The van der Waals surface area contributed by atoms with E-state index in [4.69, 9.17) is 4.74 Å². The first-order chi connectivity index (χ1) is 15.0. The van der Waals surface area contributed by atoms with Crippen LogP contribution in [0.5, 0.6) is 0 Å². The van der Waals surface area contributed by atoms with E-state index in [1.165, 1.54) is 11.8 Å². The topological polar surface area (TPSA) is 84.8 Å². The highest BCUT2D eigenvalue weighted by Crippen LogP contribution is 2.32. The van der Waals surface area contributed by atoms with Gasteiger partial charge in [-0.3, -0.25) is 9.36 Å². The van der Waals surface area contributed by atoms with Gasteiger partial charge in [0.05, 0.1) is 17.9 Å². The van der Waals surface area contributed by atoms with Crippen molar-refractivity contribution in [2.45, 2.75) is 63.1 Å². The first-order valence-corrected chi connectivity index (χ1v) is 12.0. The zero-order valence-electron chi connectivity index (χ0n) is 18.4. The molecule has 1 amide bonds. The monoisotopic (exact) mass is 441 g/mol. The molecule has 1 aliphatic heterocycles. The molecule has 1 aliphatic rings. The molecule has 1 fully saturated rings. The van der Waals surface area contributed by atoms with Crippen LogP contribution in [0.1, 0.15) is 40.0 Å². The summed E-state index contributed by atoms with van der Waals surface area (Å²) >= 11 is 1.46. The molecule has 0 spiro atoms. The van der Waals surface area contributed by atoms with Gasteiger partial charge in [0.1, 0.15) is 0 Å². The summed E-state index contributed by atoms with van der Waals surface area (Å²) in [7, 11) is 0. The molecule has 2 N–H and O–H groups in total. The average Bonchev–Trinajstić information content (AvgIpc) is 3.49. The number of amides is 1. The molecule has 4 rings (SSSR count). The van der Waals surface area contributed by atoms with Crippen LogP contribution in [0.3, 0.4) is 0 Å². The van der Waals surface area contributed by atoms with E-state index in [2.05, 4.69) is 51.0 Å². The maximum atomic E-state index is 12.6. The van der Waals surface area contributed by atoms with Crippen molar-refractivity contribution in [2.75, 3.05) is 13.2 Å². The third kappa shape index (κ3) is 5.13. The summed E-state index contributed by atoms with van der Waals surface area (Å²) < 4.78 is 8.02.